The molecule has 0 spiro atoms. The molecule has 1 N–H and O–H groups in total. The van der Waals surface area contributed by atoms with Crippen molar-refractivity contribution >= 4 is 40.8 Å². The molecule has 0 radical (unpaired) electrons. The lowest BCUT2D eigenvalue weighted by Crippen LogP contribution is -2.17. The van der Waals surface area contributed by atoms with Crippen molar-refractivity contribution in [3.8, 4) is 17.1 Å². The van der Waals surface area contributed by atoms with Crippen LogP contribution in [0.3, 0.4) is 0 Å². The number of hydrogen-bond donors (Lipinski definition) is 1. The number of ether oxygens (including phenoxy) is 1. The molecule has 0 aliphatic heterocycles. The average molecular weight is 551 g/mol. The van der Waals surface area contributed by atoms with Gasteiger partial charge in [0.15, 0.2) is 5.82 Å². The summed E-state index contributed by atoms with van der Waals surface area (Å²) in [4.78, 5) is 12.7. The van der Waals surface area contributed by atoms with E-state index in [4.69, 9.17) is 23.2 Å². The van der Waals surface area contributed by atoms with E-state index < -0.39 is 18.2 Å². The molecular formula is C24H16Cl2F4N6O. The molecule has 4 rings (SSSR count). The Hall–Kier alpha value is -3.83. The average Bonchev–Trinajstić information content (AvgIpc) is 2.83. The van der Waals surface area contributed by atoms with Gasteiger partial charge in [0.1, 0.15) is 11.6 Å². The highest BCUT2D eigenvalue weighted by Crippen LogP contribution is 2.31. The molecule has 13 heteroatoms. The summed E-state index contributed by atoms with van der Waals surface area (Å²) in [5.41, 5.74) is 1.11. The lowest BCUT2D eigenvalue weighted by atomic mass is 10.1. The molecule has 0 aliphatic rings. The Bertz CT molecular complexity index is 1400. The standard InChI is InChI=1S/C24H16Cl2F4N6O/c1-13(14-5-11-17(12-6-14)37-24(28,29)30)35-36-23-33-21(20-18(26)3-2-4-19(20)27)32-22(34-23)31-16-9-7-15(25)8-10-16/h2-13H,1H3,(H,31,32,33,34). The van der Waals surface area contributed by atoms with Gasteiger partial charge in [-0.25, -0.2) is 4.39 Å². The minimum absolute atomic E-state index is 0.0434. The van der Waals surface area contributed by atoms with Crippen LogP contribution in [0.4, 0.5) is 35.1 Å². The molecule has 1 unspecified atom stereocenters. The van der Waals surface area contributed by atoms with Crippen LogP contribution in [0.25, 0.3) is 11.4 Å². The molecule has 7 nitrogen and oxygen atoms in total. The predicted octanol–water partition coefficient (Wildman–Crippen LogP) is 8.47. The van der Waals surface area contributed by atoms with Crippen LogP contribution in [0.2, 0.25) is 10.0 Å². The summed E-state index contributed by atoms with van der Waals surface area (Å²) in [7, 11) is 0. The monoisotopic (exact) mass is 550 g/mol. The van der Waals surface area contributed by atoms with Crippen LogP contribution in [-0.2, 0) is 0 Å². The fourth-order valence-electron chi connectivity index (χ4n) is 3.10. The van der Waals surface area contributed by atoms with Gasteiger partial charge in [-0.2, -0.15) is 20.1 Å². The first-order chi connectivity index (χ1) is 17.6. The second-order valence-corrected chi connectivity index (χ2v) is 8.36. The quantitative estimate of drug-likeness (QED) is 0.184. The number of nitrogens with zero attached hydrogens (tertiary/aromatic N) is 5. The van der Waals surface area contributed by atoms with Crippen molar-refractivity contribution in [1.82, 2.24) is 15.0 Å². The zero-order valence-corrected chi connectivity index (χ0v) is 20.4. The number of nitrogens with one attached hydrogen (secondary N) is 1. The second kappa shape index (κ2) is 11.1. The maximum absolute atomic E-state index is 14.6. The molecule has 0 bridgehead atoms. The lowest BCUT2D eigenvalue weighted by molar-refractivity contribution is -0.274. The van der Waals surface area contributed by atoms with Crippen molar-refractivity contribution < 1.29 is 22.3 Å². The number of benzene rings is 3. The van der Waals surface area contributed by atoms with E-state index in [9.17, 15) is 17.6 Å². The van der Waals surface area contributed by atoms with Gasteiger partial charge in [-0.05, 0) is 61.0 Å². The van der Waals surface area contributed by atoms with Crippen LogP contribution in [0.15, 0.2) is 77.0 Å². The molecule has 1 heterocycles. The first-order valence-electron chi connectivity index (χ1n) is 10.6. The normalized spacial score (nSPS) is 12.5. The van der Waals surface area contributed by atoms with E-state index in [2.05, 4.69) is 35.2 Å². The Morgan fingerprint density at radius 2 is 1.62 bits per heavy atom. The fourth-order valence-corrected chi connectivity index (χ4v) is 3.48. The zero-order chi connectivity index (χ0) is 26.6. The van der Waals surface area contributed by atoms with Crippen molar-refractivity contribution in [3.63, 3.8) is 0 Å². The summed E-state index contributed by atoms with van der Waals surface area (Å²) < 4.78 is 55.6. The van der Waals surface area contributed by atoms with E-state index >= 15 is 0 Å². The summed E-state index contributed by atoms with van der Waals surface area (Å²) >= 11 is 12.1. The Morgan fingerprint density at radius 1 is 0.919 bits per heavy atom. The third-order valence-corrected chi connectivity index (χ3v) is 5.39. The van der Waals surface area contributed by atoms with Crippen LogP contribution in [0.5, 0.6) is 5.75 Å². The van der Waals surface area contributed by atoms with Crippen LogP contribution in [0, 0.1) is 5.82 Å². The molecular weight excluding hydrogens is 535 g/mol. The number of halogens is 6. The first kappa shape index (κ1) is 26.2. The van der Waals surface area contributed by atoms with Gasteiger partial charge >= 0.3 is 6.36 Å². The van der Waals surface area contributed by atoms with Crippen molar-refractivity contribution in [2.24, 2.45) is 10.2 Å². The van der Waals surface area contributed by atoms with E-state index in [1.807, 2.05) is 0 Å². The van der Waals surface area contributed by atoms with E-state index in [0.29, 0.717) is 16.3 Å². The van der Waals surface area contributed by atoms with Gasteiger partial charge in [-0.3, -0.25) is 0 Å². The van der Waals surface area contributed by atoms with Crippen LogP contribution < -0.4 is 10.1 Å². The molecule has 0 saturated heterocycles. The number of rotatable bonds is 7. The molecule has 1 aromatic heterocycles. The maximum atomic E-state index is 14.6. The topological polar surface area (TPSA) is 84.7 Å². The van der Waals surface area contributed by atoms with Gasteiger partial charge in [-0.15, -0.1) is 18.3 Å². The Morgan fingerprint density at radius 3 is 2.27 bits per heavy atom. The minimum atomic E-state index is -4.79. The van der Waals surface area contributed by atoms with E-state index in [1.54, 1.807) is 31.2 Å². The molecule has 0 saturated carbocycles. The van der Waals surface area contributed by atoms with Crippen LogP contribution >= 0.6 is 23.2 Å². The molecule has 0 fully saturated rings. The number of hydrogen-bond acceptors (Lipinski definition) is 7. The second-order valence-electron chi connectivity index (χ2n) is 7.52. The molecule has 37 heavy (non-hydrogen) atoms. The smallest absolute Gasteiger partial charge is 0.406 e. The molecule has 190 valence electrons. The number of anilines is 2. The van der Waals surface area contributed by atoms with Gasteiger partial charge in [-0.1, -0.05) is 41.4 Å². The Kier molecular flexibility index (Phi) is 7.84. The highest BCUT2D eigenvalue weighted by Gasteiger charge is 2.31. The van der Waals surface area contributed by atoms with Gasteiger partial charge < -0.3 is 10.1 Å². The predicted molar refractivity (Wildman–Crippen MR) is 131 cm³/mol. The SMILES string of the molecule is CC(N=Nc1nc(Nc2ccc(Cl)cc2)nc(-c2c(F)cccc2Cl)n1)c1ccc(OC(F)(F)F)cc1. The number of alkyl halides is 3. The van der Waals surface area contributed by atoms with Crippen LogP contribution in [0.1, 0.15) is 18.5 Å². The summed E-state index contributed by atoms with van der Waals surface area (Å²) in [6.45, 7) is 1.67. The maximum Gasteiger partial charge on any atom is 0.573 e. The molecule has 4 aromatic rings. The van der Waals surface area contributed by atoms with Crippen molar-refractivity contribution in [2.75, 3.05) is 5.32 Å². The van der Waals surface area contributed by atoms with Gasteiger partial charge in [0.25, 0.3) is 5.95 Å². The first-order valence-corrected chi connectivity index (χ1v) is 11.3. The third-order valence-electron chi connectivity index (χ3n) is 4.83. The number of aromatic nitrogens is 3. The molecule has 1 atom stereocenters. The summed E-state index contributed by atoms with van der Waals surface area (Å²) in [5, 5.41) is 11.8. The van der Waals surface area contributed by atoms with Crippen LogP contribution in [-0.4, -0.2) is 21.3 Å². The molecule has 0 amide bonds. The summed E-state index contributed by atoms with van der Waals surface area (Å²) in [6.07, 6.45) is -4.79. The minimum Gasteiger partial charge on any atom is -0.406 e. The number of azo groups is 1. The third kappa shape index (κ3) is 7.11. The van der Waals surface area contributed by atoms with E-state index in [0.717, 1.165) is 0 Å². The van der Waals surface area contributed by atoms with E-state index in [-0.39, 0.29) is 34.1 Å². The molecule has 3 aromatic carbocycles. The highest BCUT2D eigenvalue weighted by atomic mass is 35.5. The van der Waals surface area contributed by atoms with Crippen molar-refractivity contribution in [1.29, 1.82) is 0 Å². The van der Waals surface area contributed by atoms with Crippen molar-refractivity contribution in [3.05, 3.63) is 88.2 Å². The Balaban J connectivity index is 1.64. The van der Waals surface area contributed by atoms with Gasteiger partial charge in [0.05, 0.1) is 16.6 Å². The zero-order valence-electron chi connectivity index (χ0n) is 18.8. The Labute approximate surface area is 218 Å². The van der Waals surface area contributed by atoms with Gasteiger partial charge in [0, 0.05) is 10.7 Å². The highest BCUT2D eigenvalue weighted by molar-refractivity contribution is 6.33. The summed E-state index contributed by atoms with van der Waals surface area (Å²) in [6, 6.07) is 15.5. The summed E-state index contributed by atoms with van der Waals surface area (Å²) in [5.74, 6) is -1.19. The largest absolute Gasteiger partial charge is 0.573 e. The van der Waals surface area contributed by atoms with E-state index in [1.165, 1.54) is 42.5 Å². The lowest BCUT2D eigenvalue weighted by Gasteiger charge is -2.11. The fraction of sp³-hybridized carbons (Fsp3) is 0.125. The van der Waals surface area contributed by atoms with Crippen molar-refractivity contribution in [2.45, 2.75) is 19.3 Å². The van der Waals surface area contributed by atoms with Gasteiger partial charge in [0.2, 0.25) is 5.95 Å². The molecule has 0 aliphatic carbocycles.